The number of fused-ring (bicyclic) bond motifs is 1. The van der Waals surface area contributed by atoms with Crippen molar-refractivity contribution in [3.63, 3.8) is 0 Å². The fourth-order valence-corrected chi connectivity index (χ4v) is 1.24. The maximum Gasteiger partial charge on any atom is 0.374 e. The van der Waals surface area contributed by atoms with Crippen LogP contribution in [-0.2, 0) is 0 Å². The van der Waals surface area contributed by atoms with E-state index in [0.717, 1.165) is 10.8 Å². The molecule has 0 aliphatic carbocycles. The van der Waals surface area contributed by atoms with Crippen molar-refractivity contribution in [3.8, 4) is 0 Å². The Morgan fingerprint density at radius 1 is 1.64 bits per heavy atom. The van der Waals surface area contributed by atoms with Crippen LogP contribution in [0.2, 0.25) is 0 Å². The lowest BCUT2D eigenvalue weighted by Gasteiger charge is -1.92. The van der Waals surface area contributed by atoms with Gasteiger partial charge in [0.1, 0.15) is 6.33 Å². The number of hydrogen-bond acceptors (Lipinski definition) is 4. The summed E-state index contributed by atoms with van der Waals surface area (Å²) in [5.74, 6) is -1.48. The van der Waals surface area contributed by atoms with Crippen LogP contribution in [0, 0.1) is 6.92 Å². The third-order valence-corrected chi connectivity index (χ3v) is 1.80. The lowest BCUT2D eigenvalue weighted by Crippen LogP contribution is -2.14. The van der Waals surface area contributed by atoms with Crippen molar-refractivity contribution in [1.82, 2.24) is 19.6 Å². The van der Waals surface area contributed by atoms with E-state index in [0.29, 0.717) is 5.69 Å². The predicted octanol–water partition coefficient (Wildman–Crippen LogP) is -0.576. The average Bonchev–Trinajstić information content (AvgIpc) is 2.45. The first kappa shape index (κ1) is 8.42. The second kappa shape index (κ2) is 2.66. The molecule has 72 valence electrons. The van der Waals surface area contributed by atoms with Crippen LogP contribution < -0.4 is 5.56 Å². The summed E-state index contributed by atoms with van der Waals surface area (Å²) in [6.45, 7) is 1.55. The SMILES string of the molecule is Cc1nc(C(=O)O)n2nc[nH]c(=O)c12. The minimum atomic E-state index is -1.22. The number of hydrogen-bond donors (Lipinski definition) is 2. The molecule has 14 heavy (non-hydrogen) atoms. The molecule has 0 spiro atoms. The Hall–Kier alpha value is -2.18. The Bertz CT molecular complexity index is 568. The summed E-state index contributed by atoms with van der Waals surface area (Å²) in [6.07, 6.45) is 1.13. The van der Waals surface area contributed by atoms with E-state index in [-0.39, 0.29) is 11.3 Å². The number of nitrogens with one attached hydrogen (secondary N) is 1. The highest BCUT2D eigenvalue weighted by molar-refractivity contribution is 5.85. The van der Waals surface area contributed by atoms with E-state index < -0.39 is 11.5 Å². The molecule has 2 rings (SSSR count). The van der Waals surface area contributed by atoms with Crippen molar-refractivity contribution in [2.45, 2.75) is 6.92 Å². The Labute approximate surface area is 77.0 Å². The molecule has 2 N–H and O–H groups in total. The second-order valence-corrected chi connectivity index (χ2v) is 2.70. The first-order valence-electron chi connectivity index (χ1n) is 3.77. The Morgan fingerprint density at radius 3 is 3.00 bits per heavy atom. The highest BCUT2D eigenvalue weighted by Gasteiger charge is 2.16. The highest BCUT2D eigenvalue weighted by Crippen LogP contribution is 2.05. The van der Waals surface area contributed by atoms with Crippen molar-refractivity contribution < 1.29 is 9.90 Å². The monoisotopic (exact) mass is 194 g/mol. The number of rotatable bonds is 1. The van der Waals surface area contributed by atoms with Gasteiger partial charge in [-0.15, -0.1) is 0 Å². The fraction of sp³-hybridized carbons (Fsp3) is 0.143. The number of imidazole rings is 1. The van der Waals surface area contributed by atoms with Gasteiger partial charge in [-0.1, -0.05) is 0 Å². The Balaban J connectivity index is 2.98. The molecule has 0 aromatic carbocycles. The van der Waals surface area contributed by atoms with Crippen molar-refractivity contribution in [2.24, 2.45) is 0 Å². The Morgan fingerprint density at radius 2 is 2.36 bits per heavy atom. The highest BCUT2D eigenvalue weighted by atomic mass is 16.4. The van der Waals surface area contributed by atoms with Crippen LogP contribution in [0.4, 0.5) is 0 Å². The number of nitrogens with zero attached hydrogens (tertiary/aromatic N) is 3. The molecule has 0 saturated heterocycles. The van der Waals surface area contributed by atoms with Gasteiger partial charge in [0.05, 0.1) is 5.69 Å². The lowest BCUT2D eigenvalue weighted by molar-refractivity contribution is 0.0681. The molecule has 0 saturated carbocycles. The molecule has 0 unspecified atom stereocenters. The summed E-state index contributed by atoms with van der Waals surface area (Å²) < 4.78 is 1.01. The van der Waals surface area contributed by atoms with Crippen molar-refractivity contribution in [2.75, 3.05) is 0 Å². The lowest BCUT2D eigenvalue weighted by atomic mass is 10.4. The molecule has 0 fully saturated rings. The normalized spacial score (nSPS) is 10.6. The van der Waals surface area contributed by atoms with Crippen LogP contribution in [0.1, 0.15) is 16.3 Å². The van der Waals surface area contributed by atoms with Gasteiger partial charge in [0.2, 0.25) is 5.82 Å². The first-order valence-corrected chi connectivity index (χ1v) is 3.77. The molecule has 0 atom stereocenters. The smallest absolute Gasteiger partial charge is 0.374 e. The van der Waals surface area contributed by atoms with Gasteiger partial charge in [0.15, 0.2) is 5.52 Å². The van der Waals surface area contributed by atoms with E-state index in [4.69, 9.17) is 5.11 Å². The summed E-state index contributed by atoms with van der Waals surface area (Å²) in [5.41, 5.74) is 0.0964. The maximum atomic E-state index is 11.3. The van der Waals surface area contributed by atoms with E-state index in [1.807, 2.05) is 0 Å². The van der Waals surface area contributed by atoms with E-state index >= 15 is 0 Å². The van der Waals surface area contributed by atoms with Gasteiger partial charge in [-0.2, -0.15) is 9.61 Å². The van der Waals surface area contributed by atoms with Gasteiger partial charge in [-0.05, 0) is 6.92 Å². The predicted molar refractivity (Wildman–Crippen MR) is 45.3 cm³/mol. The summed E-state index contributed by atoms with van der Waals surface area (Å²) in [4.78, 5) is 28.1. The molecule has 0 amide bonds. The van der Waals surface area contributed by atoms with Crippen LogP contribution in [0.15, 0.2) is 11.1 Å². The molecular weight excluding hydrogens is 188 g/mol. The van der Waals surface area contributed by atoms with E-state index in [1.54, 1.807) is 6.92 Å². The maximum absolute atomic E-state index is 11.3. The van der Waals surface area contributed by atoms with Gasteiger partial charge < -0.3 is 10.1 Å². The van der Waals surface area contributed by atoms with E-state index in [9.17, 15) is 9.59 Å². The van der Waals surface area contributed by atoms with Gasteiger partial charge in [-0.25, -0.2) is 9.78 Å². The number of carboxylic acids is 1. The number of H-pyrrole nitrogens is 1. The number of aryl methyl sites for hydroxylation is 1. The zero-order chi connectivity index (χ0) is 10.3. The van der Waals surface area contributed by atoms with E-state index in [1.165, 1.54) is 0 Å². The second-order valence-electron chi connectivity index (χ2n) is 2.70. The fourth-order valence-electron chi connectivity index (χ4n) is 1.24. The van der Waals surface area contributed by atoms with Gasteiger partial charge in [0.25, 0.3) is 5.56 Å². The molecule has 2 aromatic rings. The summed E-state index contributed by atoms with van der Waals surface area (Å²) in [7, 11) is 0. The third-order valence-electron chi connectivity index (χ3n) is 1.80. The van der Waals surface area contributed by atoms with Crippen LogP contribution in [0.3, 0.4) is 0 Å². The number of aromatic amines is 1. The molecule has 0 aliphatic rings. The average molecular weight is 194 g/mol. The number of carboxylic acid groups (broad SMARTS) is 1. The molecule has 0 bridgehead atoms. The topological polar surface area (TPSA) is 100 Å². The Kier molecular flexibility index (Phi) is 1.60. The molecule has 7 heteroatoms. The van der Waals surface area contributed by atoms with Crippen molar-refractivity contribution in [3.05, 3.63) is 28.2 Å². The largest absolute Gasteiger partial charge is 0.475 e. The van der Waals surface area contributed by atoms with Crippen LogP contribution >= 0.6 is 0 Å². The summed E-state index contributed by atoms with van der Waals surface area (Å²) in [5, 5.41) is 12.5. The summed E-state index contributed by atoms with van der Waals surface area (Å²) >= 11 is 0. The minimum absolute atomic E-state index is 0.157. The minimum Gasteiger partial charge on any atom is -0.475 e. The molecule has 2 aromatic heterocycles. The number of aromatic nitrogens is 4. The van der Waals surface area contributed by atoms with Gasteiger partial charge in [-0.3, -0.25) is 4.79 Å². The van der Waals surface area contributed by atoms with Gasteiger partial charge >= 0.3 is 5.97 Å². The van der Waals surface area contributed by atoms with Gasteiger partial charge in [0, 0.05) is 0 Å². The zero-order valence-electron chi connectivity index (χ0n) is 7.18. The van der Waals surface area contributed by atoms with Crippen LogP contribution in [0.5, 0.6) is 0 Å². The van der Waals surface area contributed by atoms with E-state index in [2.05, 4.69) is 15.1 Å². The van der Waals surface area contributed by atoms with Crippen LogP contribution in [0.25, 0.3) is 5.52 Å². The van der Waals surface area contributed by atoms with Crippen molar-refractivity contribution >= 4 is 11.5 Å². The van der Waals surface area contributed by atoms with Crippen molar-refractivity contribution in [1.29, 1.82) is 0 Å². The molecular formula is C7H6N4O3. The summed E-state index contributed by atoms with van der Waals surface area (Å²) in [6, 6.07) is 0. The third kappa shape index (κ3) is 0.987. The van der Waals surface area contributed by atoms with Crippen LogP contribution in [-0.4, -0.2) is 30.7 Å². The molecule has 0 aliphatic heterocycles. The quantitative estimate of drug-likeness (QED) is 0.632. The molecule has 2 heterocycles. The number of aromatic carboxylic acids is 1. The standard InChI is InChI=1S/C7H6N4O3/c1-3-4-6(12)8-2-9-11(4)5(10-3)7(13)14/h2H,1H3,(H,13,14)(H,8,9,12). The molecule has 7 nitrogen and oxygen atoms in total. The zero-order valence-corrected chi connectivity index (χ0v) is 7.18. The molecule has 0 radical (unpaired) electrons. The first-order chi connectivity index (χ1) is 6.61. The number of carbonyl (C=O) groups is 1.